The molecule has 7 rings (SSSR count). The fourth-order valence-electron chi connectivity index (χ4n) is 6.01. The van der Waals surface area contributed by atoms with Gasteiger partial charge in [0, 0.05) is 0 Å². The van der Waals surface area contributed by atoms with Crippen LogP contribution in [0.5, 0.6) is 11.5 Å². The third-order valence-electron chi connectivity index (χ3n) is 8.62. The highest BCUT2D eigenvalue weighted by atomic mass is 19.2. The van der Waals surface area contributed by atoms with E-state index >= 15 is 39.5 Å². The summed E-state index contributed by atoms with van der Waals surface area (Å²) in [6.07, 6.45) is 0. The highest BCUT2D eigenvalue weighted by Crippen LogP contribution is 2.46. The minimum atomic E-state index is -3.73. The molecule has 0 N–H and O–H groups in total. The van der Waals surface area contributed by atoms with Gasteiger partial charge < -0.3 is 9.31 Å². The lowest BCUT2D eigenvalue weighted by Crippen LogP contribution is -2.45. The molecule has 300 valence electrons. The third-order valence-corrected chi connectivity index (χ3v) is 8.62. The lowest BCUT2D eigenvalue weighted by molar-refractivity contribution is 0.374. The summed E-state index contributed by atoms with van der Waals surface area (Å²) in [7, 11) is -3.73. The van der Waals surface area contributed by atoms with Gasteiger partial charge in [-0.3, -0.25) is 0 Å². The van der Waals surface area contributed by atoms with Gasteiger partial charge in [0.2, 0.25) is 11.6 Å². The van der Waals surface area contributed by atoms with Crippen molar-refractivity contribution in [3.05, 3.63) is 134 Å². The molecule has 0 fully saturated rings. The Kier molecular flexibility index (Phi) is 9.26. The smallest absolute Gasteiger partial charge is 0.519 e. The maximum atomic E-state index is 16.0. The lowest BCUT2D eigenvalue weighted by Gasteiger charge is -2.22. The number of fused-ring (bicyclic) bond motifs is 4. The molecule has 0 aliphatic rings. The van der Waals surface area contributed by atoms with E-state index in [1.807, 2.05) is 0 Å². The quantitative estimate of drug-likeness (QED) is 0.0565. The Bertz CT molecular complexity index is 2870. The van der Waals surface area contributed by atoms with Crippen molar-refractivity contribution in [1.29, 1.82) is 0 Å². The van der Waals surface area contributed by atoms with Crippen LogP contribution in [0.1, 0.15) is 0 Å². The zero-order valence-corrected chi connectivity index (χ0v) is 26.5. The van der Waals surface area contributed by atoms with Gasteiger partial charge in [-0.2, -0.15) is 8.78 Å². The summed E-state index contributed by atoms with van der Waals surface area (Å²) in [6.45, 7) is 0. The van der Waals surface area contributed by atoms with E-state index in [2.05, 4.69) is 0 Å². The molecule has 7 aromatic carbocycles. The normalized spacial score (nSPS) is 11.9. The lowest BCUT2D eigenvalue weighted by atomic mass is 9.77. The molecule has 0 aliphatic carbocycles. The molecule has 0 saturated heterocycles. The number of benzene rings is 7. The van der Waals surface area contributed by atoms with E-state index in [-0.39, 0.29) is 12.1 Å². The highest BCUT2D eigenvalue weighted by molar-refractivity contribution is 6.63. The molecule has 24 heteroatoms. The molecular weight excluding hydrogens is 850 g/mol. The zero-order chi connectivity index (χ0) is 42.9. The van der Waals surface area contributed by atoms with Crippen LogP contribution in [0, 0.1) is 122 Å². The Balaban J connectivity index is 1.61. The topological polar surface area (TPSA) is 18.5 Å². The van der Waals surface area contributed by atoms with E-state index < -0.39 is 189 Å². The predicted molar refractivity (Wildman–Crippen MR) is 155 cm³/mol. The Morgan fingerprint density at radius 3 is 0.810 bits per heavy atom. The molecule has 0 saturated carbocycles. The van der Waals surface area contributed by atoms with E-state index in [4.69, 9.17) is 9.31 Å². The molecule has 0 radical (unpaired) electrons. The van der Waals surface area contributed by atoms with E-state index in [1.165, 1.54) is 0 Å². The van der Waals surface area contributed by atoms with Crippen LogP contribution in [0.2, 0.25) is 0 Å². The first-order valence-electron chi connectivity index (χ1n) is 14.8. The molecule has 0 spiro atoms. The van der Waals surface area contributed by atoms with Crippen molar-refractivity contribution in [2.24, 2.45) is 0 Å². The van der Waals surface area contributed by atoms with Gasteiger partial charge >= 0.3 is 7.12 Å². The van der Waals surface area contributed by atoms with Gasteiger partial charge in [-0.05, 0) is 6.07 Å². The molecule has 0 heterocycles. The molecule has 0 atom stereocenters. The van der Waals surface area contributed by atoms with Gasteiger partial charge in [-0.1, -0.05) is 6.07 Å². The summed E-state index contributed by atoms with van der Waals surface area (Å²) in [5.74, 6) is -64.2. The molecule has 58 heavy (non-hydrogen) atoms. The second-order valence-electron chi connectivity index (χ2n) is 11.6. The summed E-state index contributed by atoms with van der Waals surface area (Å²) >= 11 is 0. The molecule has 0 aliphatic heterocycles. The minimum Gasteiger partial charge on any atom is -0.519 e. The second kappa shape index (κ2) is 13.4. The standard InChI is InChI=1S/C34H2BF21O2/c36-4-2-1-3(13(37)14(4)38)35(57-33-11-9(23(47)29(53)31(33)55)15(39)5-7(17(11)41)21(45)27(51)25(49)19(5)43)58-34-12-10(24(48)30(54)32(34)56)16(40)6-8(18(12)42)22(46)28(52)26(50)20(6)44/h1-2H. The maximum Gasteiger partial charge on any atom is 0.635 e. The fraction of sp³-hybridized carbons (Fsp3) is 0. The van der Waals surface area contributed by atoms with Gasteiger partial charge in [0.1, 0.15) is 23.3 Å². The summed E-state index contributed by atoms with van der Waals surface area (Å²) in [5.41, 5.74) is -1.91. The van der Waals surface area contributed by atoms with Gasteiger partial charge in [0.05, 0.1) is 48.6 Å². The number of hydrogen-bond donors (Lipinski definition) is 0. The summed E-state index contributed by atoms with van der Waals surface area (Å²) in [4.78, 5) is 0. The van der Waals surface area contributed by atoms with Crippen LogP contribution in [0.25, 0.3) is 43.1 Å². The molecule has 7 aromatic rings. The third kappa shape index (κ3) is 5.21. The summed E-state index contributed by atoms with van der Waals surface area (Å²) in [6, 6.07) is -0.184. The van der Waals surface area contributed by atoms with Crippen LogP contribution in [0.15, 0.2) is 12.1 Å². The summed E-state index contributed by atoms with van der Waals surface area (Å²) in [5, 5.41) is -18.8. The largest absolute Gasteiger partial charge is 0.635 e. The van der Waals surface area contributed by atoms with Crippen molar-refractivity contribution in [2.45, 2.75) is 0 Å². The SMILES string of the molecule is Fc1ccc(B(Oc2c(F)c(F)c(F)c3c(F)c4c(F)c(F)c(F)c(F)c4c(F)c23)Oc2c(F)c(F)c(F)c3c(F)c4c(F)c(F)c(F)c(F)c4c(F)c23)c(F)c1F. The van der Waals surface area contributed by atoms with Gasteiger partial charge in [0.15, 0.2) is 98.8 Å². The Morgan fingerprint density at radius 2 is 0.500 bits per heavy atom. The molecule has 0 amide bonds. The van der Waals surface area contributed by atoms with Crippen molar-refractivity contribution >= 4 is 55.7 Å². The van der Waals surface area contributed by atoms with Crippen LogP contribution in [-0.4, -0.2) is 7.12 Å². The maximum absolute atomic E-state index is 16.0. The second-order valence-corrected chi connectivity index (χ2v) is 11.6. The van der Waals surface area contributed by atoms with Crippen molar-refractivity contribution in [2.75, 3.05) is 0 Å². The number of hydrogen-bond acceptors (Lipinski definition) is 2. The van der Waals surface area contributed by atoms with Gasteiger partial charge in [0.25, 0.3) is 0 Å². The average molecular weight is 852 g/mol. The van der Waals surface area contributed by atoms with E-state index in [0.29, 0.717) is 0 Å². The van der Waals surface area contributed by atoms with Crippen molar-refractivity contribution in [3.8, 4) is 11.5 Å². The first kappa shape index (κ1) is 40.0. The van der Waals surface area contributed by atoms with Crippen LogP contribution >= 0.6 is 0 Å². The minimum absolute atomic E-state index is 0.0720. The number of halogens is 21. The highest BCUT2D eigenvalue weighted by Gasteiger charge is 2.41. The van der Waals surface area contributed by atoms with Crippen LogP contribution in [0.4, 0.5) is 92.2 Å². The Hall–Kier alpha value is -6.23. The Morgan fingerprint density at radius 1 is 0.241 bits per heavy atom. The van der Waals surface area contributed by atoms with Crippen LogP contribution in [-0.2, 0) is 0 Å². The molecule has 2 nitrogen and oxygen atoms in total. The Labute approximate surface area is 303 Å². The van der Waals surface area contributed by atoms with E-state index in [9.17, 15) is 52.7 Å². The van der Waals surface area contributed by atoms with Crippen LogP contribution in [0.3, 0.4) is 0 Å². The fourth-order valence-corrected chi connectivity index (χ4v) is 6.01. The van der Waals surface area contributed by atoms with Gasteiger partial charge in [-0.15, -0.1) is 0 Å². The first-order chi connectivity index (χ1) is 27.1. The molecule has 0 unspecified atom stereocenters. The van der Waals surface area contributed by atoms with E-state index in [0.717, 1.165) is 0 Å². The summed E-state index contributed by atoms with van der Waals surface area (Å²) < 4.78 is 323. The predicted octanol–water partition coefficient (Wildman–Crippen LogP) is 11.1. The average Bonchev–Trinajstić information content (AvgIpc) is 3.18. The monoisotopic (exact) mass is 852 g/mol. The molecular formula is C34H2BF21O2. The molecule has 0 bridgehead atoms. The van der Waals surface area contributed by atoms with Crippen molar-refractivity contribution in [3.63, 3.8) is 0 Å². The van der Waals surface area contributed by atoms with Crippen molar-refractivity contribution < 1.29 is 102 Å². The molecule has 0 aromatic heterocycles. The van der Waals surface area contributed by atoms with Crippen LogP contribution < -0.4 is 14.8 Å². The van der Waals surface area contributed by atoms with Gasteiger partial charge in [-0.25, -0.2) is 83.4 Å². The first-order valence-corrected chi connectivity index (χ1v) is 14.8. The zero-order valence-electron chi connectivity index (χ0n) is 26.5. The number of rotatable bonds is 5. The van der Waals surface area contributed by atoms with E-state index in [1.54, 1.807) is 0 Å². The van der Waals surface area contributed by atoms with Crippen molar-refractivity contribution in [1.82, 2.24) is 0 Å².